The van der Waals surface area contributed by atoms with E-state index in [-0.39, 0.29) is 6.04 Å². The van der Waals surface area contributed by atoms with E-state index < -0.39 is 10.0 Å². The molecule has 0 atom stereocenters. The van der Waals surface area contributed by atoms with E-state index in [1.807, 2.05) is 0 Å². The van der Waals surface area contributed by atoms with E-state index in [0.29, 0.717) is 14.2 Å². The maximum Gasteiger partial charge on any atom is 0.241 e. The summed E-state index contributed by atoms with van der Waals surface area (Å²) in [6.07, 6.45) is 3.81. The summed E-state index contributed by atoms with van der Waals surface area (Å²) in [4.78, 5) is 0.840. The molecule has 2 rings (SSSR count). The van der Waals surface area contributed by atoms with Gasteiger partial charge in [-0.2, -0.15) is 0 Å². The first kappa shape index (κ1) is 14.5. The van der Waals surface area contributed by atoms with Gasteiger partial charge in [-0.25, -0.2) is 13.1 Å². The third-order valence-electron chi connectivity index (χ3n) is 3.10. The number of alkyl halides is 1. The van der Waals surface area contributed by atoms with Crippen molar-refractivity contribution in [2.45, 2.75) is 41.4 Å². The molecule has 0 spiro atoms. The van der Waals surface area contributed by atoms with Gasteiger partial charge in [0.25, 0.3) is 0 Å². The average molecular weight is 397 g/mol. The summed E-state index contributed by atoms with van der Waals surface area (Å²) in [6.45, 7) is 0. The molecule has 1 fully saturated rings. The predicted octanol–water partition coefficient (Wildman–Crippen LogP) is 3.43. The van der Waals surface area contributed by atoms with Crippen LogP contribution in [0.2, 0.25) is 0 Å². The Kier molecular flexibility index (Phi) is 4.86. The molecule has 1 N–H and O–H groups in total. The predicted molar refractivity (Wildman–Crippen MR) is 79.4 cm³/mol. The largest absolute Gasteiger partial charge is 0.241 e. The lowest BCUT2D eigenvalue weighted by atomic mass is 9.96. The number of rotatable bonds is 3. The number of hydrogen-bond acceptors (Lipinski definition) is 2. The molecule has 1 aliphatic carbocycles. The van der Waals surface area contributed by atoms with Crippen LogP contribution < -0.4 is 4.72 Å². The Balaban J connectivity index is 2.11. The lowest BCUT2D eigenvalue weighted by molar-refractivity contribution is 0.422. The summed E-state index contributed by atoms with van der Waals surface area (Å²) >= 11 is 6.85. The Morgan fingerprint density at radius 1 is 1.11 bits per heavy atom. The van der Waals surface area contributed by atoms with E-state index in [2.05, 4.69) is 36.6 Å². The van der Waals surface area contributed by atoms with Gasteiger partial charge in [0.2, 0.25) is 10.0 Å². The summed E-state index contributed by atoms with van der Waals surface area (Å²) < 4.78 is 27.9. The highest BCUT2D eigenvalue weighted by Gasteiger charge is 2.25. The number of halogens is 2. The monoisotopic (exact) mass is 395 g/mol. The zero-order chi connectivity index (χ0) is 13.2. The van der Waals surface area contributed by atoms with Gasteiger partial charge in [-0.15, -0.1) is 0 Å². The van der Waals surface area contributed by atoms with Crippen LogP contribution in [0.3, 0.4) is 0 Å². The molecule has 0 unspecified atom stereocenters. The minimum absolute atomic E-state index is 0.0518. The smallest absolute Gasteiger partial charge is 0.208 e. The van der Waals surface area contributed by atoms with Gasteiger partial charge < -0.3 is 0 Å². The Morgan fingerprint density at radius 2 is 1.72 bits per heavy atom. The van der Waals surface area contributed by atoms with Gasteiger partial charge in [-0.3, -0.25) is 0 Å². The zero-order valence-electron chi connectivity index (χ0n) is 9.77. The minimum Gasteiger partial charge on any atom is -0.208 e. The van der Waals surface area contributed by atoms with Crippen LogP contribution in [-0.2, 0) is 10.0 Å². The Bertz CT molecular complexity index is 511. The fraction of sp³-hybridized carbons (Fsp3) is 0.500. The van der Waals surface area contributed by atoms with Crippen molar-refractivity contribution in [2.24, 2.45) is 0 Å². The van der Waals surface area contributed by atoms with Crippen molar-refractivity contribution in [3.63, 3.8) is 0 Å². The Hall–Kier alpha value is 0.0900. The molecule has 6 heteroatoms. The van der Waals surface area contributed by atoms with Gasteiger partial charge in [0, 0.05) is 15.3 Å². The second-order valence-corrected chi connectivity index (χ2v) is 8.33. The van der Waals surface area contributed by atoms with Gasteiger partial charge in [-0.05, 0) is 53.7 Å². The molecule has 1 aromatic rings. The fourth-order valence-electron chi connectivity index (χ4n) is 2.12. The molecule has 0 heterocycles. The lowest BCUT2D eigenvalue weighted by Gasteiger charge is -2.26. The van der Waals surface area contributed by atoms with Crippen LogP contribution in [0.5, 0.6) is 0 Å². The molecule has 0 aliphatic heterocycles. The fourth-order valence-corrected chi connectivity index (χ4v) is 4.95. The van der Waals surface area contributed by atoms with Crippen LogP contribution >= 0.6 is 31.9 Å². The highest BCUT2D eigenvalue weighted by atomic mass is 79.9. The average Bonchev–Trinajstić information content (AvgIpc) is 2.32. The van der Waals surface area contributed by atoms with Crippen molar-refractivity contribution < 1.29 is 8.42 Å². The van der Waals surface area contributed by atoms with E-state index in [9.17, 15) is 8.42 Å². The van der Waals surface area contributed by atoms with Crippen LogP contribution in [-0.4, -0.2) is 19.3 Å². The summed E-state index contributed by atoms with van der Waals surface area (Å²) in [5.41, 5.74) is 0. The van der Waals surface area contributed by atoms with Gasteiger partial charge in [-0.1, -0.05) is 28.1 Å². The second-order valence-electron chi connectivity index (χ2n) is 4.50. The minimum atomic E-state index is -3.42. The van der Waals surface area contributed by atoms with E-state index in [1.54, 1.807) is 24.3 Å². The Morgan fingerprint density at radius 3 is 2.33 bits per heavy atom. The van der Waals surface area contributed by atoms with Crippen molar-refractivity contribution in [2.75, 3.05) is 0 Å². The third-order valence-corrected chi connectivity index (χ3v) is 6.55. The summed E-state index contributed by atoms with van der Waals surface area (Å²) in [5, 5.41) is 0. The first-order chi connectivity index (χ1) is 8.49. The number of hydrogen-bond donors (Lipinski definition) is 1. The topological polar surface area (TPSA) is 46.2 Å². The van der Waals surface area contributed by atoms with E-state index >= 15 is 0 Å². The van der Waals surface area contributed by atoms with Gasteiger partial charge in [0.15, 0.2) is 0 Å². The molecule has 1 saturated carbocycles. The van der Waals surface area contributed by atoms with Crippen molar-refractivity contribution in [1.82, 2.24) is 4.72 Å². The van der Waals surface area contributed by atoms with E-state index in [4.69, 9.17) is 0 Å². The van der Waals surface area contributed by atoms with E-state index in [1.165, 1.54) is 0 Å². The van der Waals surface area contributed by atoms with Gasteiger partial charge in [0.1, 0.15) is 0 Å². The lowest BCUT2D eigenvalue weighted by Crippen LogP contribution is -2.37. The molecule has 100 valence electrons. The maximum absolute atomic E-state index is 12.2. The normalized spacial score (nSPS) is 25.0. The summed E-state index contributed by atoms with van der Waals surface area (Å²) in [5.74, 6) is 0. The van der Waals surface area contributed by atoms with Crippen LogP contribution in [0.15, 0.2) is 33.6 Å². The summed E-state index contributed by atoms with van der Waals surface area (Å²) in [7, 11) is -3.42. The molecule has 0 radical (unpaired) electrons. The highest BCUT2D eigenvalue weighted by molar-refractivity contribution is 9.10. The molecule has 0 bridgehead atoms. The number of sulfonamides is 1. The quantitative estimate of drug-likeness (QED) is 0.795. The Labute approximate surface area is 125 Å². The first-order valence-corrected chi connectivity index (χ1v) is 9.09. The maximum atomic E-state index is 12.2. The molecule has 3 nitrogen and oxygen atoms in total. The first-order valence-electron chi connectivity index (χ1n) is 5.90. The summed E-state index contributed by atoms with van der Waals surface area (Å²) in [6, 6.07) is 6.94. The van der Waals surface area contributed by atoms with Crippen molar-refractivity contribution in [1.29, 1.82) is 0 Å². The van der Waals surface area contributed by atoms with Crippen LogP contribution in [0.4, 0.5) is 0 Å². The van der Waals surface area contributed by atoms with E-state index in [0.717, 1.165) is 25.7 Å². The zero-order valence-corrected chi connectivity index (χ0v) is 13.8. The highest BCUT2D eigenvalue weighted by Crippen LogP contribution is 2.27. The van der Waals surface area contributed by atoms with Crippen LogP contribution in [0.1, 0.15) is 25.7 Å². The van der Waals surface area contributed by atoms with Crippen LogP contribution in [0, 0.1) is 0 Å². The molecule has 0 amide bonds. The van der Waals surface area contributed by atoms with Crippen molar-refractivity contribution in [3.05, 3.63) is 28.7 Å². The molecule has 0 aromatic heterocycles. The third kappa shape index (κ3) is 3.56. The molecule has 18 heavy (non-hydrogen) atoms. The van der Waals surface area contributed by atoms with Gasteiger partial charge in [0.05, 0.1) is 4.90 Å². The standard InChI is InChI=1S/C12H15Br2NO2S/c13-9-5-7-10(8-6-9)15-18(16,17)12-4-2-1-3-11(12)14/h1-4,9-10,15H,5-8H2. The molecule has 1 aromatic carbocycles. The van der Waals surface area contributed by atoms with Crippen LogP contribution in [0.25, 0.3) is 0 Å². The molecule has 1 aliphatic rings. The van der Waals surface area contributed by atoms with Crippen molar-refractivity contribution in [3.8, 4) is 0 Å². The van der Waals surface area contributed by atoms with Gasteiger partial charge >= 0.3 is 0 Å². The molecule has 0 saturated heterocycles. The van der Waals surface area contributed by atoms with Crippen molar-refractivity contribution >= 4 is 41.9 Å². The number of nitrogens with one attached hydrogen (secondary N) is 1. The second kappa shape index (κ2) is 6.03. The molecular weight excluding hydrogens is 382 g/mol. The number of benzene rings is 1. The SMILES string of the molecule is O=S(=O)(NC1CCC(Br)CC1)c1ccccc1Br. The molecular formula is C12H15Br2NO2S.